The molecule has 1 aliphatic carbocycles. The van der Waals surface area contributed by atoms with Crippen LogP contribution in [0.25, 0.3) is 10.9 Å². The number of benzene rings is 1. The molecule has 54 valence electrons. The fourth-order valence-electron chi connectivity index (χ4n) is 1.70. The molecule has 0 amide bonds. The van der Waals surface area contributed by atoms with Crippen LogP contribution in [0.3, 0.4) is 0 Å². The number of aryl methyl sites for hydroxylation is 1. The normalized spacial score (nSPS) is 13.5. The number of hydrogen-bond donors (Lipinski definition) is 1. The summed E-state index contributed by atoms with van der Waals surface area (Å²) in [6.07, 6.45) is 1.19. The van der Waals surface area contributed by atoms with Crippen LogP contribution in [0.4, 0.5) is 0 Å². The van der Waals surface area contributed by atoms with Gasteiger partial charge < -0.3 is 4.98 Å². The zero-order valence-electron chi connectivity index (χ0n) is 6.44. The number of hydrogen-bond acceptors (Lipinski definition) is 0. The van der Waals surface area contributed by atoms with E-state index in [0.717, 1.165) is 0 Å². The Bertz CT molecular complexity index is 437. The van der Waals surface area contributed by atoms with Gasteiger partial charge in [0.2, 0.25) is 0 Å². The minimum atomic E-state index is 1.19. The van der Waals surface area contributed by atoms with Gasteiger partial charge in [-0.3, -0.25) is 0 Å². The first-order valence-electron chi connectivity index (χ1n) is 3.95. The summed E-state index contributed by atoms with van der Waals surface area (Å²) in [5.74, 6) is 0. The fraction of sp³-hybridized carbons (Fsp3) is 0.200. The van der Waals surface area contributed by atoms with Crippen molar-refractivity contribution >= 4 is 10.9 Å². The van der Waals surface area contributed by atoms with Crippen molar-refractivity contribution in [2.24, 2.45) is 0 Å². The Hall–Kier alpha value is -1.24. The Morgan fingerprint density at radius 2 is 2.27 bits per heavy atom. The lowest BCUT2D eigenvalue weighted by atomic mass is 10.2. The van der Waals surface area contributed by atoms with E-state index in [9.17, 15) is 0 Å². The molecule has 0 aliphatic heterocycles. The maximum Gasteiger partial charge on any atom is 0.0461 e. The predicted molar refractivity (Wildman–Crippen MR) is 45.8 cm³/mol. The van der Waals surface area contributed by atoms with Crippen LogP contribution in [0, 0.1) is 6.92 Å². The minimum absolute atomic E-state index is 1.19. The lowest BCUT2D eigenvalue weighted by molar-refractivity contribution is 1.35. The highest BCUT2D eigenvalue weighted by atomic mass is 14.8. The summed E-state index contributed by atoms with van der Waals surface area (Å²) >= 11 is 0. The van der Waals surface area contributed by atoms with Crippen molar-refractivity contribution in [3.05, 3.63) is 35.0 Å². The third-order valence-electron chi connectivity index (χ3n) is 2.38. The Kier molecular flexibility index (Phi) is 0.738. The summed E-state index contributed by atoms with van der Waals surface area (Å²) in [6.45, 7) is 2.13. The molecule has 1 nitrogen and oxygen atoms in total. The molecule has 0 saturated carbocycles. The van der Waals surface area contributed by atoms with Crippen molar-refractivity contribution in [1.82, 2.24) is 4.98 Å². The van der Waals surface area contributed by atoms with Gasteiger partial charge in [0.15, 0.2) is 0 Å². The number of fused-ring (bicyclic) bond motifs is 3. The lowest BCUT2D eigenvalue weighted by Gasteiger charge is -1.93. The molecule has 0 bridgehead atoms. The fourth-order valence-corrected chi connectivity index (χ4v) is 1.70. The zero-order valence-corrected chi connectivity index (χ0v) is 6.44. The Balaban J connectivity index is 2.49. The third-order valence-corrected chi connectivity index (χ3v) is 2.38. The summed E-state index contributed by atoms with van der Waals surface area (Å²) in [6, 6.07) is 6.60. The quantitative estimate of drug-likeness (QED) is 0.497. The molecule has 1 aromatic carbocycles. The summed E-state index contributed by atoms with van der Waals surface area (Å²) < 4.78 is 0. The van der Waals surface area contributed by atoms with E-state index >= 15 is 0 Å². The van der Waals surface area contributed by atoms with Crippen LogP contribution in [0.1, 0.15) is 16.8 Å². The highest BCUT2D eigenvalue weighted by molar-refractivity contribution is 5.89. The van der Waals surface area contributed by atoms with E-state index in [0.29, 0.717) is 0 Å². The standard InChI is InChI=1S/C10H9N/c1-6-2-3-7-8-5-10(8)11-9(7)4-6/h2-4,11H,5H2,1H3. The smallest absolute Gasteiger partial charge is 0.0461 e. The van der Waals surface area contributed by atoms with Gasteiger partial charge in [0.05, 0.1) is 0 Å². The van der Waals surface area contributed by atoms with Crippen molar-refractivity contribution in [3.63, 3.8) is 0 Å². The monoisotopic (exact) mass is 143 g/mol. The molecule has 0 saturated heterocycles. The molecular weight excluding hydrogens is 134 g/mol. The average molecular weight is 143 g/mol. The first-order chi connectivity index (χ1) is 5.34. The van der Waals surface area contributed by atoms with Crippen LogP contribution < -0.4 is 0 Å². The maximum atomic E-state index is 3.39. The van der Waals surface area contributed by atoms with Crippen molar-refractivity contribution < 1.29 is 0 Å². The molecular formula is C10H9N. The number of nitrogens with one attached hydrogen (secondary N) is 1. The number of aromatic nitrogens is 1. The number of H-pyrrole nitrogens is 1. The third kappa shape index (κ3) is 0.603. The van der Waals surface area contributed by atoms with Crippen LogP contribution in [0.15, 0.2) is 18.2 Å². The average Bonchev–Trinajstić information content (AvgIpc) is 2.63. The second-order valence-electron chi connectivity index (χ2n) is 3.31. The van der Waals surface area contributed by atoms with Gasteiger partial charge in [0, 0.05) is 23.0 Å². The van der Waals surface area contributed by atoms with Crippen molar-refractivity contribution in [3.8, 4) is 0 Å². The zero-order chi connectivity index (χ0) is 7.42. The van der Waals surface area contributed by atoms with E-state index in [-0.39, 0.29) is 0 Å². The highest BCUT2D eigenvalue weighted by Gasteiger charge is 2.22. The largest absolute Gasteiger partial charge is 0.358 e. The summed E-state index contributed by atoms with van der Waals surface area (Å²) in [5, 5.41) is 1.42. The summed E-state index contributed by atoms with van der Waals surface area (Å²) in [5.41, 5.74) is 5.60. The Morgan fingerprint density at radius 3 is 3.18 bits per heavy atom. The molecule has 1 N–H and O–H groups in total. The van der Waals surface area contributed by atoms with Crippen molar-refractivity contribution in [2.45, 2.75) is 13.3 Å². The molecule has 1 heteroatoms. The van der Waals surface area contributed by atoms with Gasteiger partial charge >= 0.3 is 0 Å². The van der Waals surface area contributed by atoms with Crippen LogP contribution in [-0.2, 0) is 6.42 Å². The van der Waals surface area contributed by atoms with Gasteiger partial charge in [-0.1, -0.05) is 12.1 Å². The minimum Gasteiger partial charge on any atom is -0.358 e. The molecule has 11 heavy (non-hydrogen) atoms. The van der Waals surface area contributed by atoms with Crippen LogP contribution in [0.2, 0.25) is 0 Å². The highest BCUT2D eigenvalue weighted by Crippen LogP contribution is 2.35. The van der Waals surface area contributed by atoms with Crippen LogP contribution in [0.5, 0.6) is 0 Å². The van der Waals surface area contributed by atoms with Gasteiger partial charge in [-0.25, -0.2) is 0 Å². The first kappa shape index (κ1) is 5.42. The van der Waals surface area contributed by atoms with Crippen molar-refractivity contribution in [2.75, 3.05) is 0 Å². The van der Waals surface area contributed by atoms with E-state index < -0.39 is 0 Å². The molecule has 0 atom stereocenters. The Morgan fingerprint density at radius 1 is 1.36 bits per heavy atom. The molecule has 3 rings (SSSR count). The molecule has 0 unspecified atom stereocenters. The van der Waals surface area contributed by atoms with Gasteiger partial charge in [-0.15, -0.1) is 0 Å². The van der Waals surface area contributed by atoms with Crippen LogP contribution in [-0.4, -0.2) is 4.98 Å². The molecule has 1 aromatic heterocycles. The van der Waals surface area contributed by atoms with E-state index in [1.165, 1.54) is 34.1 Å². The maximum absolute atomic E-state index is 3.39. The molecule has 0 spiro atoms. The van der Waals surface area contributed by atoms with E-state index in [2.05, 4.69) is 30.1 Å². The van der Waals surface area contributed by atoms with Gasteiger partial charge in [0.25, 0.3) is 0 Å². The van der Waals surface area contributed by atoms with Crippen LogP contribution >= 0.6 is 0 Å². The SMILES string of the molecule is Cc1ccc2c3c([nH]c2c1)C3. The van der Waals surface area contributed by atoms with E-state index in [1.807, 2.05) is 0 Å². The van der Waals surface area contributed by atoms with Gasteiger partial charge in [-0.2, -0.15) is 0 Å². The molecule has 1 aliphatic rings. The summed E-state index contributed by atoms with van der Waals surface area (Å²) in [4.78, 5) is 3.39. The predicted octanol–water partition coefficient (Wildman–Crippen LogP) is 2.38. The van der Waals surface area contributed by atoms with Gasteiger partial charge in [-0.05, 0) is 24.1 Å². The van der Waals surface area contributed by atoms with Crippen molar-refractivity contribution in [1.29, 1.82) is 0 Å². The lowest BCUT2D eigenvalue weighted by Crippen LogP contribution is -1.74. The molecule has 2 aromatic rings. The first-order valence-corrected chi connectivity index (χ1v) is 3.95. The molecule has 0 fully saturated rings. The Labute approximate surface area is 65.0 Å². The number of rotatable bonds is 0. The second kappa shape index (κ2) is 1.50. The van der Waals surface area contributed by atoms with Gasteiger partial charge in [0.1, 0.15) is 0 Å². The molecule has 0 radical (unpaired) electrons. The number of aromatic amines is 1. The summed E-state index contributed by atoms with van der Waals surface area (Å²) in [7, 11) is 0. The van der Waals surface area contributed by atoms with E-state index in [4.69, 9.17) is 0 Å². The molecule has 1 heterocycles. The van der Waals surface area contributed by atoms with E-state index in [1.54, 1.807) is 0 Å². The second-order valence-corrected chi connectivity index (χ2v) is 3.31. The topological polar surface area (TPSA) is 15.8 Å².